The van der Waals surface area contributed by atoms with E-state index in [0.717, 1.165) is 5.56 Å². The van der Waals surface area contributed by atoms with E-state index in [4.69, 9.17) is 4.74 Å². The molecule has 0 saturated carbocycles. The van der Waals surface area contributed by atoms with Gasteiger partial charge < -0.3 is 10.1 Å². The van der Waals surface area contributed by atoms with Crippen molar-refractivity contribution >= 4 is 33.6 Å². The van der Waals surface area contributed by atoms with Crippen molar-refractivity contribution in [1.29, 1.82) is 0 Å². The highest BCUT2D eigenvalue weighted by Crippen LogP contribution is 2.44. The molecule has 1 N–H and O–H groups in total. The quantitative estimate of drug-likeness (QED) is 0.410. The van der Waals surface area contributed by atoms with Gasteiger partial charge >= 0.3 is 6.09 Å². The van der Waals surface area contributed by atoms with Crippen LogP contribution in [0.5, 0.6) is 0 Å². The molecule has 0 fully saturated rings. The summed E-state index contributed by atoms with van der Waals surface area (Å²) in [6.07, 6.45) is 3.56. The Balaban J connectivity index is 1.18. The topological polar surface area (TPSA) is 38.3 Å². The van der Waals surface area contributed by atoms with Crippen LogP contribution >= 0.6 is 11.3 Å². The fourth-order valence-corrected chi connectivity index (χ4v) is 4.90. The van der Waals surface area contributed by atoms with E-state index in [1.54, 1.807) is 11.3 Å². The van der Waals surface area contributed by atoms with Gasteiger partial charge in [0.25, 0.3) is 0 Å². The average Bonchev–Trinajstić information content (AvgIpc) is 3.37. The van der Waals surface area contributed by atoms with E-state index >= 15 is 0 Å². The van der Waals surface area contributed by atoms with Crippen LogP contribution in [-0.2, 0) is 4.74 Å². The molecule has 0 bridgehead atoms. The molecule has 3 nitrogen and oxygen atoms in total. The summed E-state index contributed by atoms with van der Waals surface area (Å²) in [7, 11) is 0. The first-order valence-corrected chi connectivity index (χ1v) is 10.9. The lowest BCUT2D eigenvalue weighted by atomic mass is 9.98. The number of alkyl carbamates (subject to hydrolysis) is 1. The minimum atomic E-state index is -0.393. The van der Waals surface area contributed by atoms with Gasteiger partial charge in [-0.15, -0.1) is 11.3 Å². The summed E-state index contributed by atoms with van der Waals surface area (Å²) >= 11 is 1.73. The normalized spacial score (nSPS) is 12.8. The van der Waals surface area contributed by atoms with Crippen molar-refractivity contribution < 1.29 is 9.53 Å². The zero-order valence-corrected chi connectivity index (χ0v) is 17.2. The fourth-order valence-electron chi connectivity index (χ4n) is 4.06. The molecule has 0 unspecified atom stereocenters. The average molecular weight is 412 g/mol. The van der Waals surface area contributed by atoms with Gasteiger partial charge in [-0.3, -0.25) is 0 Å². The zero-order chi connectivity index (χ0) is 20.3. The molecule has 1 aliphatic rings. The van der Waals surface area contributed by atoms with Crippen LogP contribution in [-0.4, -0.2) is 19.2 Å². The van der Waals surface area contributed by atoms with Crippen molar-refractivity contribution in [3.63, 3.8) is 0 Å². The van der Waals surface area contributed by atoms with E-state index < -0.39 is 6.09 Å². The first kappa shape index (κ1) is 18.6. The Morgan fingerprint density at radius 2 is 1.70 bits per heavy atom. The third-order valence-corrected chi connectivity index (χ3v) is 6.38. The van der Waals surface area contributed by atoms with Gasteiger partial charge in [-0.05, 0) is 50.7 Å². The molecule has 1 aromatic heterocycles. The minimum Gasteiger partial charge on any atom is -0.449 e. The number of fused-ring (bicyclic) bond motifs is 4. The number of nitrogens with one attached hydrogen (secondary N) is 1. The lowest BCUT2D eigenvalue weighted by Crippen LogP contribution is -2.26. The van der Waals surface area contributed by atoms with Crippen LogP contribution < -0.4 is 5.32 Å². The number of carbonyl (C=O) groups is 1. The van der Waals surface area contributed by atoms with Crippen LogP contribution in [0.3, 0.4) is 0 Å². The van der Waals surface area contributed by atoms with Crippen LogP contribution in [0, 0.1) is 0 Å². The second-order valence-corrected chi connectivity index (χ2v) is 8.27. The van der Waals surface area contributed by atoms with E-state index in [1.165, 1.54) is 32.3 Å². The second kappa shape index (κ2) is 8.17. The van der Waals surface area contributed by atoms with Crippen molar-refractivity contribution in [1.82, 2.24) is 5.32 Å². The van der Waals surface area contributed by atoms with Crippen molar-refractivity contribution in [2.24, 2.45) is 0 Å². The van der Waals surface area contributed by atoms with Crippen LogP contribution in [0.15, 0.2) is 84.3 Å². The predicted octanol–water partition coefficient (Wildman–Crippen LogP) is 6.45. The highest BCUT2D eigenvalue weighted by atomic mass is 32.1. The van der Waals surface area contributed by atoms with Gasteiger partial charge in [0.15, 0.2) is 0 Å². The molecule has 4 aromatic rings. The number of amides is 1. The number of ether oxygens (including phenoxy) is 1. The summed E-state index contributed by atoms with van der Waals surface area (Å²) in [5.74, 6) is 0.0798. The molecule has 4 heteroatoms. The van der Waals surface area contributed by atoms with Gasteiger partial charge in [0, 0.05) is 17.2 Å². The zero-order valence-electron chi connectivity index (χ0n) is 16.4. The molecule has 0 saturated heterocycles. The molecule has 1 heterocycles. The molecule has 5 rings (SSSR count). The molecule has 0 spiro atoms. The molecule has 1 aliphatic carbocycles. The lowest BCUT2D eigenvalue weighted by molar-refractivity contribution is 0.144. The van der Waals surface area contributed by atoms with Gasteiger partial charge in [-0.2, -0.15) is 0 Å². The molecule has 1 amide bonds. The number of hydrogen-bond donors (Lipinski definition) is 1. The van der Waals surface area contributed by atoms with Crippen LogP contribution in [0.1, 0.15) is 22.6 Å². The fraction of sp³-hybridized carbons (Fsp3) is 0.115. The van der Waals surface area contributed by atoms with Gasteiger partial charge in [-0.25, -0.2) is 4.79 Å². The van der Waals surface area contributed by atoms with E-state index in [1.807, 2.05) is 36.4 Å². The first-order chi connectivity index (χ1) is 14.8. The summed E-state index contributed by atoms with van der Waals surface area (Å²) < 4.78 is 6.82. The number of benzene rings is 3. The van der Waals surface area contributed by atoms with E-state index in [9.17, 15) is 4.79 Å². The Kier molecular flexibility index (Phi) is 5.08. The second-order valence-electron chi connectivity index (χ2n) is 7.33. The molecular weight excluding hydrogens is 390 g/mol. The van der Waals surface area contributed by atoms with E-state index in [0.29, 0.717) is 13.2 Å². The Bertz CT molecular complexity index is 1200. The van der Waals surface area contributed by atoms with E-state index in [-0.39, 0.29) is 5.92 Å². The molecule has 0 aliphatic heterocycles. The molecule has 30 heavy (non-hydrogen) atoms. The van der Waals surface area contributed by atoms with Crippen LogP contribution in [0.2, 0.25) is 0 Å². The van der Waals surface area contributed by atoms with Gasteiger partial charge in [0.2, 0.25) is 0 Å². The summed E-state index contributed by atoms with van der Waals surface area (Å²) in [6, 6.07) is 25.1. The summed E-state index contributed by atoms with van der Waals surface area (Å²) in [6.45, 7) is 0.762. The number of hydrogen-bond acceptors (Lipinski definition) is 3. The van der Waals surface area contributed by atoms with Crippen molar-refractivity contribution in [2.75, 3.05) is 13.2 Å². The molecule has 0 atom stereocenters. The third-order valence-electron chi connectivity index (χ3n) is 5.50. The van der Waals surface area contributed by atoms with Gasteiger partial charge in [-0.1, -0.05) is 72.8 Å². The Morgan fingerprint density at radius 1 is 0.967 bits per heavy atom. The van der Waals surface area contributed by atoms with E-state index in [2.05, 4.69) is 59.2 Å². The largest absolute Gasteiger partial charge is 0.449 e. The molecular formula is C26H21NO2S. The van der Waals surface area contributed by atoms with Gasteiger partial charge in [0.05, 0.1) is 0 Å². The van der Waals surface area contributed by atoms with Gasteiger partial charge in [0.1, 0.15) is 6.61 Å². The minimum absolute atomic E-state index is 0.0798. The summed E-state index contributed by atoms with van der Waals surface area (Å²) in [5.41, 5.74) is 6.02. The monoisotopic (exact) mass is 411 g/mol. The number of rotatable bonds is 5. The maximum absolute atomic E-state index is 12.2. The Hall–Kier alpha value is -3.37. The van der Waals surface area contributed by atoms with Crippen molar-refractivity contribution in [3.8, 4) is 11.1 Å². The van der Waals surface area contributed by atoms with Crippen LogP contribution in [0.4, 0.5) is 4.79 Å². The number of carbonyl (C=O) groups excluding carboxylic acids is 1. The predicted molar refractivity (Wildman–Crippen MR) is 124 cm³/mol. The maximum Gasteiger partial charge on any atom is 0.407 e. The smallest absolute Gasteiger partial charge is 0.407 e. The summed E-state index contributed by atoms with van der Waals surface area (Å²) in [5, 5.41) is 6.16. The third kappa shape index (κ3) is 3.62. The molecule has 3 aromatic carbocycles. The molecule has 148 valence electrons. The highest BCUT2D eigenvalue weighted by Gasteiger charge is 2.28. The SMILES string of the molecule is O=C(NCC=Cc1ccc2ccsc2c1)OCC1c2ccccc2-c2ccccc21. The standard InChI is InChI=1S/C26H21NO2S/c28-26(27-14-5-6-18-11-12-19-13-15-30-25(19)16-18)29-17-24-22-9-3-1-7-20(22)21-8-2-4-10-23(21)24/h1-13,15-16,24H,14,17H2,(H,27,28). The molecule has 0 radical (unpaired) electrons. The van der Waals surface area contributed by atoms with Crippen molar-refractivity contribution in [3.05, 3.63) is 101 Å². The highest BCUT2D eigenvalue weighted by molar-refractivity contribution is 7.17. The summed E-state index contributed by atoms with van der Waals surface area (Å²) in [4.78, 5) is 12.2. The number of thiophene rings is 1. The Morgan fingerprint density at radius 3 is 2.47 bits per heavy atom. The maximum atomic E-state index is 12.2. The van der Waals surface area contributed by atoms with Crippen LogP contribution in [0.25, 0.3) is 27.3 Å². The Labute approximate surface area is 179 Å². The first-order valence-electron chi connectivity index (χ1n) is 10.0. The van der Waals surface area contributed by atoms with Crippen molar-refractivity contribution in [2.45, 2.75) is 5.92 Å². The lowest BCUT2D eigenvalue weighted by Gasteiger charge is -2.14.